The van der Waals surface area contributed by atoms with Crippen molar-refractivity contribution in [3.05, 3.63) is 35.4 Å². The van der Waals surface area contributed by atoms with Gasteiger partial charge in [-0.3, -0.25) is 0 Å². The summed E-state index contributed by atoms with van der Waals surface area (Å²) in [7, 11) is 3.85. The highest BCUT2D eigenvalue weighted by Crippen LogP contribution is 2.37. The molecule has 3 nitrogen and oxygen atoms in total. The molecule has 118 valence electrons. The monoisotopic (exact) mass is 291 g/mol. The Hall–Kier alpha value is -0.900. The van der Waals surface area contributed by atoms with Crippen LogP contribution in [-0.4, -0.2) is 33.0 Å². The number of ether oxygens (including phenoxy) is 2. The van der Waals surface area contributed by atoms with Crippen molar-refractivity contribution >= 4 is 0 Å². The lowest BCUT2D eigenvalue weighted by molar-refractivity contribution is -0.110. The van der Waals surface area contributed by atoms with Gasteiger partial charge in [-0.1, -0.05) is 38.1 Å². The van der Waals surface area contributed by atoms with Crippen LogP contribution in [-0.2, 0) is 15.9 Å². The molecule has 0 amide bonds. The Morgan fingerprint density at radius 2 is 2.00 bits per heavy atom. The number of hydrogen-bond donors (Lipinski definition) is 1. The van der Waals surface area contributed by atoms with Gasteiger partial charge in [0.2, 0.25) is 0 Å². The Morgan fingerprint density at radius 1 is 1.29 bits per heavy atom. The van der Waals surface area contributed by atoms with Gasteiger partial charge < -0.3 is 14.8 Å². The smallest absolute Gasteiger partial charge is 0.0916 e. The van der Waals surface area contributed by atoms with Crippen LogP contribution in [0.5, 0.6) is 0 Å². The molecule has 0 radical (unpaired) electrons. The molecule has 21 heavy (non-hydrogen) atoms. The lowest BCUT2D eigenvalue weighted by Gasteiger charge is -2.42. The van der Waals surface area contributed by atoms with Crippen molar-refractivity contribution in [2.45, 2.75) is 44.8 Å². The lowest BCUT2D eigenvalue weighted by atomic mass is 9.81. The highest BCUT2D eigenvalue weighted by Gasteiger charge is 2.40. The van der Waals surface area contributed by atoms with E-state index in [0.717, 1.165) is 32.5 Å². The van der Waals surface area contributed by atoms with E-state index in [2.05, 4.69) is 43.4 Å². The van der Waals surface area contributed by atoms with Gasteiger partial charge in [0.1, 0.15) is 0 Å². The molecule has 1 saturated heterocycles. The van der Waals surface area contributed by atoms with Crippen LogP contribution in [0.1, 0.15) is 43.9 Å². The molecule has 1 aliphatic heterocycles. The lowest BCUT2D eigenvalue weighted by Crippen LogP contribution is -2.48. The first-order valence-electron chi connectivity index (χ1n) is 8.00. The number of methoxy groups -OCH3 is 1. The van der Waals surface area contributed by atoms with E-state index in [1.54, 1.807) is 0 Å². The van der Waals surface area contributed by atoms with Gasteiger partial charge in [-0.05, 0) is 30.5 Å². The Labute approximate surface area is 129 Å². The van der Waals surface area contributed by atoms with Crippen molar-refractivity contribution in [1.82, 2.24) is 5.32 Å². The van der Waals surface area contributed by atoms with E-state index in [0.29, 0.717) is 5.92 Å². The first kappa shape index (κ1) is 16.5. The van der Waals surface area contributed by atoms with Crippen molar-refractivity contribution in [2.24, 2.45) is 5.92 Å². The predicted molar refractivity (Wildman–Crippen MR) is 86.6 cm³/mol. The summed E-state index contributed by atoms with van der Waals surface area (Å²) in [5.74, 6) is 0.674. The third-order valence-electron chi connectivity index (χ3n) is 4.49. The second kappa shape index (κ2) is 7.39. The molecule has 2 rings (SSSR count). The molecule has 1 N–H and O–H groups in total. The maximum atomic E-state index is 5.96. The number of likely N-dealkylation sites (N-methyl/N-ethyl adjacent to an activating group) is 1. The van der Waals surface area contributed by atoms with Gasteiger partial charge in [-0.2, -0.15) is 0 Å². The van der Waals surface area contributed by atoms with E-state index < -0.39 is 0 Å². The van der Waals surface area contributed by atoms with E-state index in [9.17, 15) is 0 Å². The number of benzene rings is 1. The molecule has 1 unspecified atom stereocenters. The Kier molecular flexibility index (Phi) is 5.80. The minimum absolute atomic E-state index is 0.163. The normalized spacial score (nSPS) is 19.7. The third-order valence-corrected chi connectivity index (χ3v) is 4.49. The summed E-state index contributed by atoms with van der Waals surface area (Å²) >= 11 is 0. The fourth-order valence-corrected chi connectivity index (χ4v) is 3.43. The van der Waals surface area contributed by atoms with Crippen LogP contribution >= 0.6 is 0 Å². The molecule has 1 heterocycles. The van der Waals surface area contributed by atoms with Crippen molar-refractivity contribution in [3.8, 4) is 0 Å². The summed E-state index contributed by atoms with van der Waals surface area (Å²) < 4.78 is 11.5. The molecule has 0 bridgehead atoms. The second-order valence-corrected chi connectivity index (χ2v) is 6.45. The molecule has 0 aromatic heterocycles. The number of nitrogens with one attached hydrogen (secondary N) is 1. The average molecular weight is 291 g/mol. The minimum atomic E-state index is -0.163. The van der Waals surface area contributed by atoms with Gasteiger partial charge in [0, 0.05) is 33.2 Å². The van der Waals surface area contributed by atoms with E-state index in [1.807, 2.05) is 14.2 Å². The fourth-order valence-electron chi connectivity index (χ4n) is 3.43. The van der Waals surface area contributed by atoms with Crippen LogP contribution in [0.3, 0.4) is 0 Å². The van der Waals surface area contributed by atoms with Gasteiger partial charge in [-0.25, -0.2) is 0 Å². The van der Waals surface area contributed by atoms with E-state index >= 15 is 0 Å². The minimum Gasteiger partial charge on any atom is -0.381 e. The number of rotatable bonds is 6. The predicted octanol–water partition coefficient (Wildman–Crippen LogP) is 3.34. The third kappa shape index (κ3) is 3.85. The maximum Gasteiger partial charge on any atom is 0.0916 e. The summed E-state index contributed by atoms with van der Waals surface area (Å²) in [5.41, 5.74) is 2.56. The fraction of sp³-hybridized carbons (Fsp3) is 0.667. The molecule has 0 saturated carbocycles. The molecule has 1 aromatic carbocycles. The van der Waals surface area contributed by atoms with Gasteiger partial charge >= 0.3 is 0 Å². The molecular weight excluding hydrogens is 262 g/mol. The summed E-state index contributed by atoms with van der Waals surface area (Å²) in [6.07, 6.45) is 2.99. The largest absolute Gasteiger partial charge is 0.381 e. The van der Waals surface area contributed by atoms with Gasteiger partial charge in [0.25, 0.3) is 0 Å². The van der Waals surface area contributed by atoms with Crippen molar-refractivity contribution < 1.29 is 9.47 Å². The molecule has 1 aromatic rings. The van der Waals surface area contributed by atoms with Crippen molar-refractivity contribution in [1.29, 1.82) is 0 Å². The molecule has 0 spiro atoms. The second-order valence-electron chi connectivity index (χ2n) is 6.45. The zero-order valence-electron chi connectivity index (χ0n) is 13.8. The van der Waals surface area contributed by atoms with Gasteiger partial charge in [0.15, 0.2) is 0 Å². The van der Waals surface area contributed by atoms with Crippen molar-refractivity contribution in [2.75, 3.05) is 27.4 Å². The van der Waals surface area contributed by atoms with Crippen LogP contribution in [0.2, 0.25) is 0 Å². The summed E-state index contributed by atoms with van der Waals surface area (Å²) in [4.78, 5) is 0. The standard InChI is InChI=1S/C18H29NO2/c1-14(2)12-15-6-5-7-16(13-15)17(19-3)18(20-4)8-10-21-11-9-18/h5-7,13-14,17,19H,8-12H2,1-4H3. The first-order valence-corrected chi connectivity index (χ1v) is 8.00. The van der Waals surface area contributed by atoms with Crippen LogP contribution in [0.15, 0.2) is 24.3 Å². The van der Waals surface area contributed by atoms with Crippen LogP contribution in [0, 0.1) is 5.92 Å². The summed E-state index contributed by atoms with van der Waals surface area (Å²) in [5, 5.41) is 3.48. The quantitative estimate of drug-likeness (QED) is 0.872. The van der Waals surface area contributed by atoms with E-state index in [-0.39, 0.29) is 11.6 Å². The topological polar surface area (TPSA) is 30.5 Å². The van der Waals surface area contributed by atoms with Crippen LogP contribution < -0.4 is 5.32 Å². The molecule has 0 aliphatic carbocycles. The Balaban J connectivity index is 2.27. The zero-order valence-corrected chi connectivity index (χ0v) is 13.8. The van der Waals surface area contributed by atoms with Crippen molar-refractivity contribution in [3.63, 3.8) is 0 Å². The summed E-state index contributed by atoms with van der Waals surface area (Å²) in [6.45, 7) is 6.07. The first-order chi connectivity index (χ1) is 10.1. The van der Waals surface area contributed by atoms with E-state index in [4.69, 9.17) is 9.47 Å². The highest BCUT2D eigenvalue weighted by molar-refractivity contribution is 5.29. The Morgan fingerprint density at radius 3 is 2.57 bits per heavy atom. The van der Waals surface area contributed by atoms with E-state index in [1.165, 1.54) is 11.1 Å². The molecule has 1 atom stereocenters. The van der Waals surface area contributed by atoms with Gasteiger partial charge in [0.05, 0.1) is 11.6 Å². The maximum absolute atomic E-state index is 5.96. The SMILES string of the molecule is CNC(c1cccc(CC(C)C)c1)C1(OC)CCOCC1. The van der Waals surface area contributed by atoms with Gasteiger partial charge in [-0.15, -0.1) is 0 Å². The molecule has 1 fully saturated rings. The van der Waals surface area contributed by atoms with Crippen LogP contribution in [0.25, 0.3) is 0 Å². The molecule has 3 heteroatoms. The Bertz CT molecular complexity index is 439. The average Bonchev–Trinajstić information content (AvgIpc) is 2.48. The highest BCUT2D eigenvalue weighted by atomic mass is 16.5. The zero-order chi connectivity index (χ0) is 15.3. The van der Waals surface area contributed by atoms with Crippen LogP contribution in [0.4, 0.5) is 0 Å². The molecule has 1 aliphatic rings. The number of hydrogen-bond acceptors (Lipinski definition) is 3. The molecular formula is C18H29NO2. The summed E-state index contributed by atoms with van der Waals surface area (Å²) in [6, 6.07) is 9.14.